The highest BCUT2D eigenvalue weighted by atomic mass is 31.1. The molecule has 0 saturated carbocycles. The van der Waals surface area contributed by atoms with Crippen molar-refractivity contribution >= 4 is 15.2 Å². The summed E-state index contributed by atoms with van der Waals surface area (Å²) in [6, 6.07) is 0. The van der Waals surface area contributed by atoms with Crippen molar-refractivity contribution in [2.75, 3.05) is 0 Å². The van der Waals surface area contributed by atoms with E-state index in [-0.39, 0.29) is 6.47 Å². The van der Waals surface area contributed by atoms with Gasteiger partial charge in [0, 0.05) is 0 Å². The van der Waals surface area contributed by atoms with Gasteiger partial charge in [0.05, 0.1) is 0 Å². The van der Waals surface area contributed by atoms with E-state index in [1.165, 1.54) is 0 Å². The molecule has 5 heteroatoms. The van der Waals surface area contributed by atoms with Crippen LogP contribution in [0.4, 0.5) is 0 Å². The lowest BCUT2D eigenvalue weighted by Gasteiger charge is -1.34. The van der Waals surface area contributed by atoms with Crippen molar-refractivity contribution in [3.8, 4) is 0 Å². The van der Waals surface area contributed by atoms with Crippen LogP contribution in [-0.2, 0) is 9.36 Å². The van der Waals surface area contributed by atoms with Crippen LogP contribution in [-0.4, -0.2) is 16.5 Å². The Balaban J connectivity index is 0. The predicted octanol–water partition coefficient (Wildman–Crippen LogP) is -0.649. The second-order valence-electron chi connectivity index (χ2n) is 0.211. The van der Waals surface area contributed by atoms with Crippen LogP contribution in [0.1, 0.15) is 0 Å². The van der Waals surface area contributed by atoms with Gasteiger partial charge in [0.15, 0.2) is 8.69 Å². The van der Waals surface area contributed by atoms with Crippen molar-refractivity contribution in [2.45, 2.75) is 0 Å². The Labute approximate surface area is 35.7 Å². The maximum atomic E-state index is 8.57. The second-order valence-corrected chi connectivity index (χ2v) is 0.422. The first-order valence-electron chi connectivity index (χ1n) is 0.988. The molecule has 38 valence electrons. The largest absolute Gasteiger partial charge is 0.483 e. The minimum atomic E-state index is -1.50. The van der Waals surface area contributed by atoms with Crippen LogP contribution >= 0.6 is 8.69 Å². The molecule has 0 aliphatic heterocycles. The summed E-state index contributed by atoms with van der Waals surface area (Å²) in [5, 5.41) is 6.89. The summed E-state index contributed by atoms with van der Waals surface area (Å²) in [5.74, 6) is 0. The Hall–Kier alpha value is -0.340. The third-order valence-corrected chi connectivity index (χ3v) is 0. The maximum Gasteiger partial charge on any atom is 0.290 e. The molecule has 0 radical (unpaired) electrons. The molecule has 0 amide bonds. The summed E-state index contributed by atoms with van der Waals surface area (Å²) in [6.45, 7) is -0.250. The first-order chi connectivity index (χ1) is 2.83. The van der Waals surface area contributed by atoms with Crippen LogP contribution in [0.15, 0.2) is 0 Å². The Morgan fingerprint density at radius 2 is 1.67 bits per heavy atom. The first kappa shape index (κ1) is 9.18. The van der Waals surface area contributed by atoms with Gasteiger partial charge in [-0.05, 0) is 0 Å². The van der Waals surface area contributed by atoms with Gasteiger partial charge < -0.3 is 10.00 Å². The molecule has 0 aromatic heterocycles. The van der Waals surface area contributed by atoms with Gasteiger partial charge in [0.2, 0.25) is 0 Å². The van der Waals surface area contributed by atoms with E-state index >= 15 is 0 Å². The van der Waals surface area contributed by atoms with Crippen molar-refractivity contribution in [3.05, 3.63) is 0 Å². The second kappa shape index (κ2) is 22.7. The Bertz CT molecular complexity index is 28.5. The molecule has 6 heavy (non-hydrogen) atoms. The summed E-state index contributed by atoms with van der Waals surface area (Å²) in [6.07, 6.45) is 0. The van der Waals surface area contributed by atoms with E-state index in [4.69, 9.17) is 19.4 Å². The zero-order valence-corrected chi connectivity index (χ0v) is 4.02. The molecule has 1 atom stereocenters. The zero-order chi connectivity index (χ0) is 5.41. The molecular formula is CH5O4P. The number of hydrogen-bond donors (Lipinski definition) is 2. The molecule has 0 aliphatic rings. The lowest BCUT2D eigenvalue weighted by Crippen LogP contribution is -1.49. The quantitative estimate of drug-likeness (QED) is 0.322. The summed E-state index contributed by atoms with van der Waals surface area (Å²) in [5.41, 5.74) is 0. The standard InChI is InChI=1S/CH2O2.H3O2P/c2-1-3;1-3-2/h1H,(H,2,3);3H2,(H,1,2). The Kier molecular flexibility index (Phi) is 34.6. The average Bonchev–Trinajstić information content (AvgIpc) is 1.39. The van der Waals surface area contributed by atoms with Gasteiger partial charge >= 0.3 is 0 Å². The van der Waals surface area contributed by atoms with Gasteiger partial charge in [0.1, 0.15) is 0 Å². The lowest BCUT2D eigenvalue weighted by molar-refractivity contribution is -0.122. The molecule has 1 unspecified atom stereocenters. The predicted molar refractivity (Wildman–Crippen MR) is 21.3 cm³/mol. The Morgan fingerprint density at radius 3 is 1.67 bits per heavy atom. The summed E-state index contributed by atoms with van der Waals surface area (Å²) < 4.78 is 8.57. The number of carboxylic acid groups (broad SMARTS) is 1. The van der Waals surface area contributed by atoms with E-state index < -0.39 is 8.69 Å². The van der Waals surface area contributed by atoms with Crippen LogP contribution in [0.5, 0.6) is 0 Å². The molecule has 0 bridgehead atoms. The maximum absolute atomic E-state index is 8.57. The van der Waals surface area contributed by atoms with Gasteiger partial charge in [0.25, 0.3) is 6.47 Å². The molecule has 2 N–H and O–H groups in total. The molecular weight excluding hydrogens is 107 g/mol. The van der Waals surface area contributed by atoms with Crippen molar-refractivity contribution in [2.24, 2.45) is 0 Å². The van der Waals surface area contributed by atoms with E-state index in [1.807, 2.05) is 0 Å². The minimum absolute atomic E-state index is 0.250. The highest BCUT2D eigenvalue weighted by Crippen LogP contribution is 1.66. The van der Waals surface area contributed by atoms with E-state index in [9.17, 15) is 0 Å². The monoisotopic (exact) mass is 112 g/mol. The first-order valence-corrected chi connectivity index (χ1v) is 1.98. The number of hydrogen-bond acceptors (Lipinski definition) is 2. The number of carbonyl (C=O) groups is 1. The van der Waals surface area contributed by atoms with Gasteiger partial charge in [-0.3, -0.25) is 9.36 Å². The van der Waals surface area contributed by atoms with E-state index in [0.717, 1.165) is 0 Å². The molecule has 0 rings (SSSR count). The van der Waals surface area contributed by atoms with Crippen molar-refractivity contribution < 1.29 is 19.4 Å². The van der Waals surface area contributed by atoms with E-state index in [1.54, 1.807) is 0 Å². The summed E-state index contributed by atoms with van der Waals surface area (Å²) >= 11 is 0. The molecule has 0 aliphatic carbocycles. The van der Waals surface area contributed by atoms with Crippen LogP contribution in [0.2, 0.25) is 0 Å². The zero-order valence-electron chi connectivity index (χ0n) is 2.87. The van der Waals surface area contributed by atoms with Crippen molar-refractivity contribution in [3.63, 3.8) is 0 Å². The molecule has 4 nitrogen and oxygen atoms in total. The summed E-state index contributed by atoms with van der Waals surface area (Å²) in [4.78, 5) is 15.5. The third kappa shape index (κ3) is 224. The van der Waals surface area contributed by atoms with Crippen LogP contribution < -0.4 is 0 Å². The molecule has 0 heterocycles. The van der Waals surface area contributed by atoms with Gasteiger partial charge in [-0.25, -0.2) is 0 Å². The highest BCUT2D eigenvalue weighted by molar-refractivity contribution is 7.16. The Morgan fingerprint density at radius 1 is 1.67 bits per heavy atom. The molecule has 0 aromatic rings. The smallest absolute Gasteiger partial charge is 0.290 e. The molecule has 0 fully saturated rings. The fraction of sp³-hybridized carbons (Fsp3) is 0. The molecule has 0 saturated heterocycles. The fourth-order valence-electron chi connectivity index (χ4n) is 0. The van der Waals surface area contributed by atoms with Gasteiger partial charge in [-0.1, -0.05) is 0 Å². The molecule has 0 spiro atoms. The van der Waals surface area contributed by atoms with E-state index in [2.05, 4.69) is 0 Å². The average molecular weight is 112 g/mol. The minimum Gasteiger partial charge on any atom is -0.483 e. The number of rotatable bonds is 0. The normalized spacial score (nSPS) is 6.83. The van der Waals surface area contributed by atoms with Crippen molar-refractivity contribution in [1.29, 1.82) is 0 Å². The molecule has 0 aromatic carbocycles. The van der Waals surface area contributed by atoms with Crippen LogP contribution in [0, 0.1) is 0 Å². The SMILES string of the molecule is O=CO.O=[PH2]O. The van der Waals surface area contributed by atoms with Gasteiger partial charge in [-0.15, -0.1) is 0 Å². The van der Waals surface area contributed by atoms with Gasteiger partial charge in [-0.2, -0.15) is 0 Å². The van der Waals surface area contributed by atoms with Crippen LogP contribution in [0.25, 0.3) is 0 Å². The highest BCUT2D eigenvalue weighted by Gasteiger charge is 1.22. The van der Waals surface area contributed by atoms with Crippen LogP contribution in [0.3, 0.4) is 0 Å². The lowest BCUT2D eigenvalue weighted by atomic mass is 11.7. The topological polar surface area (TPSA) is 74.6 Å². The van der Waals surface area contributed by atoms with E-state index in [0.29, 0.717) is 0 Å². The summed E-state index contributed by atoms with van der Waals surface area (Å²) in [7, 11) is -1.50. The van der Waals surface area contributed by atoms with Crippen molar-refractivity contribution in [1.82, 2.24) is 0 Å². The fourth-order valence-corrected chi connectivity index (χ4v) is 0. The third-order valence-electron chi connectivity index (χ3n) is 0.